The quantitative estimate of drug-likeness (QED) is 0.497. The van der Waals surface area contributed by atoms with Crippen molar-refractivity contribution in [1.82, 2.24) is 10.6 Å². The van der Waals surface area contributed by atoms with Crippen LogP contribution in [0.5, 0.6) is 0 Å². The maximum atomic E-state index is 5.19. The lowest BCUT2D eigenvalue weighted by atomic mass is 10.1. The average molecular weight is 198 g/mol. The molecule has 0 aromatic rings. The Kier molecular flexibility index (Phi) is 3.31. The molecule has 3 heteroatoms. The molecule has 2 nitrogen and oxygen atoms in total. The lowest BCUT2D eigenvalue weighted by Gasteiger charge is -2.25. The van der Waals surface area contributed by atoms with E-state index in [4.69, 9.17) is 12.2 Å². The molecule has 0 saturated carbocycles. The second kappa shape index (κ2) is 4.09. The first-order chi connectivity index (χ1) is 5.97. The largest absolute Gasteiger partial charge is 0.359 e. The van der Waals surface area contributed by atoms with E-state index in [2.05, 4.69) is 43.6 Å². The highest BCUT2D eigenvalue weighted by atomic mass is 32.1. The van der Waals surface area contributed by atoms with E-state index in [0.717, 1.165) is 18.0 Å². The third-order valence-electron chi connectivity index (χ3n) is 1.83. The van der Waals surface area contributed by atoms with Gasteiger partial charge >= 0.3 is 0 Å². The minimum Gasteiger partial charge on any atom is -0.359 e. The zero-order valence-corrected chi connectivity index (χ0v) is 9.37. The summed E-state index contributed by atoms with van der Waals surface area (Å²) in [6, 6.07) is 0.502. The van der Waals surface area contributed by atoms with E-state index in [1.807, 2.05) is 0 Å². The van der Waals surface area contributed by atoms with Gasteiger partial charge < -0.3 is 10.6 Å². The van der Waals surface area contributed by atoms with Crippen LogP contribution >= 0.6 is 12.2 Å². The molecule has 74 valence electrons. The van der Waals surface area contributed by atoms with Gasteiger partial charge in [0.2, 0.25) is 0 Å². The second-order valence-electron chi connectivity index (χ2n) is 4.49. The molecule has 0 atom stereocenters. The Hall–Kier alpha value is -0.570. The Morgan fingerprint density at radius 3 is 2.31 bits per heavy atom. The molecule has 0 amide bonds. The Morgan fingerprint density at radius 1 is 1.31 bits per heavy atom. The summed E-state index contributed by atoms with van der Waals surface area (Å²) in [6.07, 6.45) is 6.56. The van der Waals surface area contributed by atoms with Crippen LogP contribution in [0.15, 0.2) is 12.2 Å². The Labute approximate surface area is 85.8 Å². The van der Waals surface area contributed by atoms with Crippen LogP contribution in [0.1, 0.15) is 33.6 Å². The van der Waals surface area contributed by atoms with Crippen LogP contribution in [0.3, 0.4) is 0 Å². The van der Waals surface area contributed by atoms with Crippen molar-refractivity contribution in [3.63, 3.8) is 0 Å². The third kappa shape index (κ3) is 4.27. The summed E-state index contributed by atoms with van der Waals surface area (Å²) in [6.45, 7) is 6.32. The lowest BCUT2D eigenvalue weighted by molar-refractivity contribution is 0.499. The highest BCUT2D eigenvalue weighted by Crippen LogP contribution is 2.09. The van der Waals surface area contributed by atoms with Crippen LogP contribution < -0.4 is 10.6 Å². The van der Waals surface area contributed by atoms with E-state index < -0.39 is 0 Å². The first-order valence-corrected chi connectivity index (χ1v) is 5.12. The van der Waals surface area contributed by atoms with Gasteiger partial charge in [-0.05, 0) is 45.8 Å². The van der Waals surface area contributed by atoms with E-state index >= 15 is 0 Å². The molecular weight excluding hydrogens is 180 g/mol. The fourth-order valence-corrected chi connectivity index (χ4v) is 1.77. The molecule has 0 radical (unpaired) electrons. The van der Waals surface area contributed by atoms with Gasteiger partial charge in [-0.3, -0.25) is 0 Å². The zero-order chi connectivity index (χ0) is 9.90. The summed E-state index contributed by atoms with van der Waals surface area (Å²) in [5.41, 5.74) is 0.0517. The van der Waals surface area contributed by atoms with Crippen molar-refractivity contribution in [2.45, 2.75) is 45.2 Å². The van der Waals surface area contributed by atoms with Crippen molar-refractivity contribution in [2.75, 3.05) is 0 Å². The van der Waals surface area contributed by atoms with E-state index in [0.29, 0.717) is 6.04 Å². The smallest absolute Gasteiger partial charge is 0.166 e. The van der Waals surface area contributed by atoms with E-state index in [1.165, 1.54) is 0 Å². The van der Waals surface area contributed by atoms with E-state index in [1.54, 1.807) is 0 Å². The van der Waals surface area contributed by atoms with Crippen molar-refractivity contribution < 1.29 is 0 Å². The fourth-order valence-electron chi connectivity index (χ4n) is 1.30. The van der Waals surface area contributed by atoms with E-state index in [-0.39, 0.29) is 5.54 Å². The van der Waals surface area contributed by atoms with Gasteiger partial charge in [-0.15, -0.1) is 0 Å². The molecule has 0 spiro atoms. The van der Waals surface area contributed by atoms with Gasteiger partial charge in [0.05, 0.1) is 0 Å². The molecule has 0 aromatic heterocycles. The lowest BCUT2D eigenvalue weighted by Crippen LogP contribution is -2.48. The van der Waals surface area contributed by atoms with Crippen molar-refractivity contribution >= 4 is 17.3 Å². The second-order valence-corrected chi connectivity index (χ2v) is 4.90. The molecule has 1 aliphatic carbocycles. The van der Waals surface area contributed by atoms with Gasteiger partial charge in [0.1, 0.15) is 0 Å². The summed E-state index contributed by atoms with van der Waals surface area (Å²) in [5, 5.41) is 7.30. The van der Waals surface area contributed by atoms with Gasteiger partial charge in [0.25, 0.3) is 0 Å². The zero-order valence-electron chi connectivity index (χ0n) is 8.55. The van der Waals surface area contributed by atoms with Gasteiger partial charge in [0.15, 0.2) is 5.11 Å². The van der Waals surface area contributed by atoms with Crippen LogP contribution in [0, 0.1) is 0 Å². The Morgan fingerprint density at radius 2 is 1.85 bits per heavy atom. The molecular formula is C10H18N2S. The molecule has 0 aromatic carbocycles. The molecule has 2 N–H and O–H groups in total. The Balaban J connectivity index is 2.25. The molecule has 1 aliphatic rings. The van der Waals surface area contributed by atoms with Gasteiger partial charge in [-0.25, -0.2) is 0 Å². The SMILES string of the molecule is CC(C)(C)NC(=S)NC1CC=CC1. The van der Waals surface area contributed by atoms with E-state index in [9.17, 15) is 0 Å². The first kappa shape index (κ1) is 10.5. The molecule has 0 saturated heterocycles. The van der Waals surface area contributed by atoms with Gasteiger partial charge in [-0.1, -0.05) is 12.2 Å². The fraction of sp³-hybridized carbons (Fsp3) is 0.700. The van der Waals surface area contributed by atoms with Crippen LogP contribution in [0.4, 0.5) is 0 Å². The van der Waals surface area contributed by atoms with Crippen LogP contribution in [-0.4, -0.2) is 16.7 Å². The average Bonchev–Trinajstić information content (AvgIpc) is 2.34. The topological polar surface area (TPSA) is 24.1 Å². The van der Waals surface area contributed by atoms with Crippen molar-refractivity contribution in [1.29, 1.82) is 0 Å². The molecule has 1 rings (SSSR count). The van der Waals surface area contributed by atoms with Gasteiger partial charge in [0, 0.05) is 11.6 Å². The summed E-state index contributed by atoms with van der Waals surface area (Å²) >= 11 is 5.19. The van der Waals surface area contributed by atoms with Crippen LogP contribution in [0.25, 0.3) is 0 Å². The van der Waals surface area contributed by atoms with Crippen molar-refractivity contribution in [3.05, 3.63) is 12.2 Å². The standard InChI is InChI=1S/C10H18N2S/c1-10(2,3)12-9(13)11-8-6-4-5-7-8/h4-5,8H,6-7H2,1-3H3,(H2,11,12,13). The van der Waals surface area contributed by atoms with Crippen molar-refractivity contribution in [2.24, 2.45) is 0 Å². The molecule has 0 fully saturated rings. The molecule has 13 heavy (non-hydrogen) atoms. The summed E-state index contributed by atoms with van der Waals surface area (Å²) in [5.74, 6) is 0. The number of hydrogen-bond acceptors (Lipinski definition) is 1. The maximum Gasteiger partial charge on any atom is 0.166 e. The highest BCUT2D eigenvalue weighted by molar-refractivity contribution is 7.80. The summed E-state index contributed by atoms with van der Waals surface area (Å²) < 4.78 is 0. The maximum absolute atomic E-state index is 5.19. The normalized spacial score (nSPS) is 17.5. The predicted molar refractivity (Wildman–Crippen MR) is 60.8 cm³/mol. The number of rotatable bonds is 1. The highest BCUT2D eigenvalue weighted by Gasteiger charge is 2.14. The number of nitrogens with one attached hydrogen (secondary N) is 2. The first-order valence-electron chi connectivity index (χ1n) is 4.71. The summed E-state index contributed by atoms with van der Waals surface area (Å²) in [4.78, 5) is 0. The number of thiocarbonyl (C=S) groups is 1. The minimum absolute atomic E-state index is 0.0517. The predicted octanol–water partition coefficient (Wildman–Crippen LogP) is 1.97. The van der Waals surface area contributed by atoms with Crippen molar-refractivity contribution in [3.8, 4) is 0 Å². The van der Waals surface area contributed by atoms with Crippen LogP contribution in [0.2, 0.25) is 0 Å². The third-order valence-corrected chi connectivity index (χ3v) is 2.05. The molecule has 0 bridgehead atoms. The summed E-state index contributed by atoms with van der Waals surface area (Å²) in [7, 11) is 0. The van der Waals surface area contributed by atoms with Gasteiger partial charge in [-0.2, -0.15) is 0 Å². The molecule has 0 heterocycles. The monoisotopic (exact) mass is 198 g/mol. The number of hydrogen-bond donors (Lipinski definition) is 2. The molecule has 0 unspecified atom stereocenters. The Bertz CT molecular complexity index is 207. The minimum atomic E-state index is 0.0517. The molecule has 0 aliphatic heterocycles. The van der Waals surface area contributed by atoms with Crippen LogP contribution in [-0.2, 0) is 0 Å².